The summed E-state index contributed by atoms with van der Waals surface area (Å²) < 4.78 is 73.4. The molecule has 1 unspecified atom stereocenters. The Morgan fingerprint density at radius 1 is 1.26 bits per heavy atom. The molecule has 0 saturated carbocycles. The van der Waals surface area contributed by atoms with Gasteiger partial charge in [0.05, 0.1) is 11.1 Å². The Morgan fingerprint density at radius 2 is 2.06 bits per heavy atom. The number of benzene rings is 1. The summed E-state index contributed by atoms with van der Waals surface area (Å²) in [6.07, 6.45) is -1.16. The number of rotatable bonds is 5. The summed E-state index contributed by atoms with van der Waals surface area (Å²) >= 11 is 3.30. The highest BCUT2D eigenvalue weighted by atomic mass is 79.9. The summed E-state index contributed by atoms with van der Waals surface area (Å²) in [5.74, 6) is -1.54. The lowest BCUT2D eigenvalue weighted by atomic mass is 10.0. The van der Waals surface area contributed by atoms with E-state index in [-0.39, 0.29) is 11.3 Å². The Labute approximate surface area is 183 Å². The molecule has 0 spiro atoms. The molecule has 166 valence electrons. The fourth-order valence-corrected chi connectivity index (χ4v) is 3.82. The molecule has 1 aliphatic heterocycles. The molecule has 1 aromatic carbocycles. The van der Waals surface area contributed by atoms with Crippen molar-refractivity contribution in [1.82, 2.24) is 14.8 Å². The molecule has 3 aromatic rings. The number of alkyl halides is 3. The Hall–Kier alpha value is -2.24. The summed E-state index contributed by atoms with van der Waals surface area (Å²) in [5.41, 5.74) is -0.809. The number of pyridine rings is 1. The van der Waals surface area contributed by atoms with Gasteiger partial charge in [0, 0.05) is 30.9 Å². The molecule has 0 bridgehead atoms. The van der Waals surface area contributed by atoms with Crippen LogP contribution in [0.15, 0.2) is 29.0 Å². The second kappa shape index (κ2) is 8.71. The van der Waals surface area contributed by atoms with Gasteiger partial charge in [0.15, 0.2) is 24.6 Å². The molecule has 3 heterocycles. The van der Waals surface area contributed by atoms with Crippen LogP contribution in [0.5, 0.6) is 5.75 Å². The molecule has 0 amide bonds. The van der Waals surface area contributed by atoms with Crippen LogP contribution in [0, 0.1) is 5.82 Å². The zero-order valence-corrected chi connectivity index (χ0v) is 18.0. The lowest BCUT2D eigenvalue weighted by Crippen LogP contribution is -2.19. The monoisotopic (exact) mass is 503 g/mol. The fraction of sp³-hybridized carbons (Fsp3) is 0.400. The lowest BCUT2D eigenvalue weighted by molar-refractivity contribution is -0.137. The van der Waals surface area contributed by atoms with Gasteiger partial charge in [0.2, 0.25) is 0 Å². The van der Waals surface area contributed by atoms with E-state index in [0.717, 1.165) is 18.9 Å². The number of methoxy groups -OCH3 is 1. The topological polar surface area (TPSA) is 58.4 Å². The van der Waals surface area contributed by atoms with Crippen LogP contribution in [-0.2, 0) is 15.7 Å². The molecule has 1 fully saturated rings. The van der Waals surface area contributed by atoms with Crippen molar-refractivity contribution in [2.75, 3.05) is 20.5 Å². The van der Waals surface area contributed by atoms with Crippen molar-refractivity contribution in [3.05, 3.63) is 40.4 Å². The van der Waals surface area contributed by atoms with Crippen LogP contribution >= 0.6 is 15.9 Å². The fourth-order valence-electron chi connectivity index (χ4n) is 3.50. The van der Waals surface area contributed by atoms with E-state index in [1.165, 1.54) is 13.3 Å². The van der Waals surface area contributed by atoms with Crippen molar-refractivity contribution in [3.63, 3.8) is 0 Å². The van der Waals surface area contributed by atoms with Gasteiger partial charge in [-0.2, -0.15) is 18.3 Å². The van der Waals surface area contributed by atoms with Crippen molar-refractivity contribution >= 4 is 26.8 Å². The highest BCUT2D eigenvalue weighted by Gasteiger charge is 2.34. The average molecular weight is 504 g/mol. The van der Waals surface area contributed by atoms with Gasteiger partial charge in [-0.05, 0) is 53.4 Å². The maximum Gasteiger partial charge on any atom is 0.416 e. The highest BCUT2D eigenvalue weighted by Crippen LogP contribution is 2.40. The SMILES string of the molecule is COCOc1cc(C(F)(F)F)cc(-c2nn(C3CCCCO3)c3cc(Br)ncc23)c1F. The Bertz CT molecular complexity index is 1100. The number of hydrogen-bond acceptors (Lipinski definition) is 5. The largest absolute Gasteiger partial charge is 0.464 e. The highest BCUT2D eigenvalue weighted by molar-refractivity contribution is 9.10. The van der Waals surface area contributed by atoms with Gasteiger partial charge >= 0.3 is 6.18 Å². The zero-order chi connectivity index (χ0) is 22.2. The van der Waals surface area contributed by atoms with Crippen molar-refractivity contribution in [3.8, 4) is 17.0 Å². The van der Waals surface area contributed by atoms with Crippen LogP contribution in [0.25, 0.3) is 22.2 Å². The molecular weight excluding hydrogens is 486 g/mol. The normalized spacial score (nSPS) is 17.3. The molecule has 1 atom stereocenters. The maximum absolute atomic E-state index is 15.3. The summed E-state index contributed by atoms with van der Waals surface area (Å²) in [5, 5.41) is 4.86. The van der Waals surface area contributed by atoms with Gasteiger partial charge in [0.25, 0.3) is 0 Å². The van der Waals surface area contributed by atoms with Crippen LogP contribution in [-0.4, -0.2) is 35.3 Å². The van der Waals surface area contributed by atoms with E-state index in [0.29, 0.717) is 34.6 Å². The van der Waals surface area contributed by atoms with E-state index >= 15 is 4.39 Å². The molecule has 2 aromatic heterocycles. The third kappa shape index (κ3) is 4.39. The molecule has 31 heavy (non-hydrogen) atoms. The predicted octanol–water partition coefficient (Wildman–Crippen LogP) is 5.70. The van der Waals surface area contributed by atoms with E-state index in [1.54, 1.807) is 10.7 Å². The minimum atomic E-state index is -4.71. The van der Waals surface area contributed by atoms with Crippen LogP contribution in [0.2, 0.25) is 0 Å². The van der Waals surface area contributed by atoms with Gasteiger partial charge in [-0.25, -0.2) is 14.1 Å². The average Bonchev–Trinajstić information content (AvgIpc) is 3.11. The second-order valence-electron chi connectivity index (χ2n) is 7.02. The van der Waals surface area contributed by atoms with Gasteiger partial charge < -0.3 is 14.2 Å². The quantitative estimate of drug-likeness (QED) is 0.254. The first-order chi connectivity index (χ1) is 14.8. The number of fused-ring (bicyclic) bond motifs is 1. The van der Waals surface area contributed by atoms with Crippen molar-refractivity contribution in [2.45, 2.75) is 31.7 Å². The van der Waals surface area contributed by atoms with E-state index in [2.05, 4.69) is 26.0 Å². The van der Waals surface area contributed by atoms with Gasteiger partial charge in [-0.3, -0.25) is 0 Å². The standard InChI is InChI=1S/C20H18BrF4N3O3/c1-29-10-31-15-7-11(20(23,24)25)6-12(18(15)22)19-13-9-26-16(21)8-14(13)28(27-19)17-4-2-3-5-30-17/h6-9,17H,2-5,10H2,1H3. The Kier molecular flexibility index (Phi) is 6.18. The number of hydrogen-bond donors (Lipinski definition) is 0. The van der Waals surface area contributed by atoms with E-state index in [1.807, 2.05) is 0 Å². The first-order valence-corrected chi connectivity index (χ1v) is 10.3. The smallest absolute Gasteiger partial charge is 0.416 e. The Morgan fingerprint density at radius 3 is 2.74 bits per heavy atom. The van der Waals surface area contributed by atoms with E-state index < -0.39 is 36.3 Å². The van der Waals surface area contributed by atoms with E-state index in [4.69, 9.17) is 14.2 Å². The summed E-state index contributed by atoms with van der Waals surface area (Å²) in [6.45, 7) is 0.137. The zero-order valence-electron chi connectivity index (χ0n) is 16.4. The molecule has 0 aliphatic carbocycles. The number of aromatic nitrogens is 3. The van der Waals surface area contributed by atoms with Crippen LogP contribution in [0.1, 0.15) is 31.1 Å². The molecule has 4 rings (SSSR count). The van der Waals surface area contributed by atoms with Gasteiger partial charge in [0.1, 0.15) is 10.3 Å². The number of halogens is 5. The van der Waals surface area contributed by atoms with Gasteiger partial charge in [-0.1, -0.05) is 0 Å². The third-order valence-electron chi connectivity index (χ3n) is 4.94. The van der Waals surface area contributed by atoms with Crippen molar-refractivity contribution in [2.24, 2.45) is 0 Å². The minimum absolute atomic E-state index is 0.0232. The Balaban J connectivity index is 1.93. The third-order valence-corrected chi connectivity index (χ3v) is 5.37. The number of ether oxygens (including phenoxy) is 3. The molecule has 1 saturated heterocycles. The first kappa shape index (κ1) is 22.0. The maximum atomic E-state index is 15.3. The molecule has 0 N–H and O–H groups in total. The van der Waals surface area contributed by atoms with Crippen LogP contribution < -0.4 is 4.74 Å². The van der Waals surface area contributed by atoms with Crippen LogP contribution in [0.3, 0.4) is 0 Å². The molecule has 11 heteroatoms. The summed E-state index contributed by atoms with van der Waals surface area (Å²) in [4.78, 5) is 4.15. The van der Waals surface area contributed by atoms with Crippen molar-refractivity contribution in [1.29, 1.82) is 0 Å². The van der Waals surface area contributed by atoms with Gasteiger partial charge in [-0.15, -0.1) is 0 Å². The number of nitrogens with zero attached hydrogens (tertiary/aromatic N) is 3. The molecule has 6 nitrogen and oxygen atoms in total. The van der Waals surface area contributed by atoms with Crippen molar-refractivity contribution < 1.29 is 31.8 Å². The second-order valence-corrected chi connectivity index (χ2v) is 7.84. The molecule has 0 radical (unpaired) electrons. The summed E-state index contributed by atoms with van der Waals surface area (Å²) in [7, 11) is 1.29. The van der Waals surface area contributed by atoms with E-state index in [9.17, 15) is 13.2 Å². The molecular formula is C20H18BrF4N3O3. The first-order valence-electron chi connectivity index (χ1n) is 9.48. The molecule has 1 aliphatic rings. The van der Waals surface area contributed by atoms with Crippen LogP contribution in [0.4, 0.5) is 17.6 Å². The predicted molar refractivity (Wildman–Crippen MR) is 107 cm³/mol. The summed E-state index contributed by atoms with van der Waals surface area (Å²) in [6, 6.07) is 3.01. The minimum Gasteiger partial charge on any atom is -0.464 e. The lowest BCUT2D eigenvalue weighted by Gasteiger charge is -2.23.